The van der Waals surface area contributed by atoms with Gasteiger partial charge < -0.3 is 10.2 Å². The maximum atomic E-state index is 13.3. The second-order valence-corrected chi connectivity index (χ2v) is 8.42. The molecule has 2 heterocycles. The summed E-state index contributed by atoms with van der Waals surface area (Å²) in [5.74, 6) is -0.292. The smallest absolute Gasteiger partial charge is 0.253 e. The summed E-state index contributed by atoms with van der Waals surface area (Å²) in [6, 6.07) is 19.0. The first kappa shape index (κ1) is 22.2. The van der Waals surface area contributed by atoms with E-state index in [9.17, 15) is 9.59 Å². The van der Waals surface area contributed by atoms with Crippen LogP contribution in [0, 0.1) is 0 Å². The summed E-state index contributed by atoms with van der Waals surface area (Å²) in [4.78, 5) is 31.9. The topological polar surface area (TPSA) is 80.1 Å². The summed E-state index contributed by atoms with van der Waals surface area (Å²) < 4.78 is 1.83. The average Bonchev–Trinajstić information content (AvgIpc) is 3.26. The van der Waals surface area contributed by atoms with E-state index in [0.29, 0.717) is 34.4 Å². The van der Waals surface area contributed by atoms with Crippen molar-refractivity contribution in [1.29, 1.82) is 0 Å². The van der Waals surface area contributed by atoms with Gasteiger partial charge in [-0.2, -0.15) is 5.10 Å². The number of pyridine rings is 1. The summed E-state index contributed by atoms with van der Waals surface area (Å²) >= 11 is 0. The highest BCUT2D eigenvalue weighted by atomic mass is 16.2. The summed E-state index contributed by atoms with van der Waals surface area (Å²) in [5.41, 5.74) is 4.28. The lowest BCUT2D eigenvalue weighted by Gasteiger charge is -2.13. The van der Waals surface area contributed by atoms with E-state index in [-0.39, 0.29) is 17.9 Å². The number of nitrogens with one attached hydrogen (secondary N) is 1. The molecule has 4 rings (SSSR count). The van der Waals surface area contributed by atoms with E-state index >= 15 is 0 Å². The average molecular weight is 442 g/mol. The second kappa shape index (κ2) is 9.24. The molecule has 0 saturated heterocycles. The molecule has 0 aliphatic rings. The number of carbonyl (C=O) groups is 2. The van der Waals surface area contributed by atoms with E-state index in [0.717, 1.165) is 11.1 Å². The number of carbonyl (C=O) groups excluding carboxylic acids is 2. The van der Waals surface area contributed by atoms with Gasteiger partial charge in [-0.1, -0.05) is 42.5 Å². The number of hydrogen-bond donors (Lipinski definition) is 1. The maximum absolute atomic E-state index is 13.3. The lowest BCUT2D eigenvalue weighted by atomic mass is 10.1. The van der Waals surface area contributed by atoms with Crippen LogP contribution in [0.3, 0.4) is 0 Å². The van der Waals surface area contributed by atoms with Crippen molar-refractivity contribution >= 4 is 22.8 Å². The largest absolute Gasteiger partial charge is 0.348 e. The number of rotatable bonds is 6. The molecule has 2 aromatic carbocycles. The Morgan fingerprint density at radius 3 is 2.48 bits per heavy atom. The zero-order valence-corrected chi connectivity index (χ0v) is 19.2. The third-order valence-corrected chi connectivity index (χ3v) is 5.40. The van der Waals surface area contributed by atoms with Gasteiger partial charge in [-0.05, 0) is 37.6 Å². The van der Waals surface area contributed by atoms with Crippen LogP contribution < -0.4 is 5.32 Å². The van der Waals surface area contributed by atoms with Gasteiger partial charge in [0.25, 0.3) is 11.8 Å². The third-order valence-electron chi connectivity index (χ3n) is 5.40. The normalized spacial score (nSPS) is 11.1. The van der Waals surface area contributed by atoms with Crippen molar-refractivity contribution in [3.05, 3.63) is 83.6 Å². The summed E-state index contributed by atoms with van der Waals surface area (Å²) in [6.45, 7) is 4.37. The van der Waals surface area contributed by atoms with Gasteiger partial charge in [0, 0.05) is 37.8 Å². The molecule has 0 fully saturated rings. The molecule has 2 amide bonds. The highest BCUT2D eigenvalue weighted by Crippen LogP contribution is 2.26. The van der Waals surface area contributed by atoms with Gasteiger partial charge in [0.2, 0.25) is 0 Å². The predicted octanol–water partition coefficient (Wildman–Crippen LogP) is 4.31. The number of nitrogens with zero attached hydrogens (tertiary/aromatic N) is 4. The Hall–Kier alpha value is -4.00. The quantitative estimate of drug-likeness (QED) is 0.484. The van der Waals surface area contributed by atoms with Crippen molar-refractivity contribution in [3.8, 4) is 11.3 Å². The van der Waals surface area contributed by atoms with Crippen LogP contribution in [0.15, 0.2) is 66.9 Å². The fourth-order valence-corrected chi connectivity index (χ4v) is 3.69. The van der Waals surface area contributed by atoms with Crippen LogP contribution in [-0.2, 0) is 6.54 Å². The summed E-state index contributed by atoms with van der Waals surface area (Å²) in [5, 5.41) is 8.17. The minimum absolute atomic E-state index is 0.0763. The van der Waals surface area contributed by atoms with E-state index < -0.39 is 0 Å². The van der Waals surface area contributed by atoms with Crippen LogP contribution in [-0.4, -0.2) is 45.6 Å². The van der Waals surface area contributed by atoms with Gasteiger partial charge in [-0.15, -0.1) is 0 Å². The molecule has 0 bridgehead atoms. The lowest BCUT2D eigenvalue weighted by Crippen LogP contribution is -2.24. The van der Waals surface area contributed by atoms with E-state index in [1.165, 1.54) is 4.90 Å². The molecule has 0 radical (unpaired) electrons. The maximum Gasteiger partial charge on any atom is 0.253 e. The summed E-state index contributed by atoms with van der Waals surface area (Å²) in [6.07, 6.45) is 1.70. The van der Waals surface area contributed by atoms with Crippen molar-refractivity contribution in [1.82, 2.24) is 25.0 Å². The summed E-state index contributed by atoms with van der Waals surface area (Å²) in [7, 11) is 3.43. The molecule has 33 heavy (non-hydrogen) atoms. The van der Waals surface area contributed by atoms with Crippen molar-refractivity contribution < 1.29 is 9.59 Å². The molecule has 0 aliphatic carbocycles. The number of hydrogen-bond acceptors (Lipinski definition) is 4. The molecule has 0 unspecified atom stereocenters. The van der Waals surface area contributed by atoms with Gasteiger partial charge >= 0.3 is 0 Å². The van der Waals surface area contributed by atoms with E-state index in [2.05, 4.69) is 10.4 Å². The Bertz CT molecular complexity index is 1310. The van der Waals surface area contributed by atoms with Gasteiger partial charge in [0.05, 0.1) is 22.8 Å². The predicted molar refractivity (Wildman–Crippen MR) is 129 cm³/mol. The minimum Gasteiger partial charge on any atom is -0.348 e. The monoisotopic (exact) mass is 441 g/mol. The molecule has 0 atom stereocenters. The zero-order valence-electron chi connectivity index (χ0n) is 19.2. The fourth-order valence-electron chi connectivity index (χ4n) is 3.69. The minimum atomic E-state index is -0.216. The molecule has 7 heteroatoms. The van der Waals surface area contributed by atoms with Crippen LogP contribution >= 0.6 is 0 Å². The van der Waals surface area contributed by atoms with Crippen LogP contribution in [0.2, 0.25) is 0 Å². The molecule has 168 valence electrons. The molecule has 0 spiro atoms. The van der Waals surface area contributed by atoms with Crippen molar-refractivity contribution in [3.63, 3.8) is 0 Å². The molecule has 0 saturated carbocycles. The van der Waals surface area contributed by atoms with Crippen LogP contribution in [0.5, 0.6) is 0 Å². The first-order chi connectivity index (χ1) is 15.8. The van der Waals surface area contributed by atoms with E-state index in [4.69, 9.17) is 4.98 Å². The third kappa shape index (κ3) is 4.62. The van der Waals surface area contributed by atoms with E-state index in [1.54, 1.807) is 32.4 Å². The molecule has 7 nitrogen and oxygen atoms in total. The van der Waals surface area contributed by atoms with Crippen molar-refractivity contribution in [2.45, 2.75) is 26.4 Å². The Morgan fingerprint density at radius 2 is 1.79 bits per heavy atom. The fraction of sp³-hybridized carbons (Fsp3) is 0.231. The Labute approximate surface area is 193 Å². The Balaban J connectivity index is 1.67. The number of amides is 2. The Kier molecular flexibility index (Phi) is 6.22. The van der Waals surface area contributed by atoms with Crippen molar-refractivity contribution in [2.24, 2.45) is 0 Å². The highest BCUT2D eigenvalue weighted by Gasteiger charge is 2.18. The van der Waals surface area contributed by atoms with Gasteiger partial charge in [0.15, 0.2) is 5.65 Å². The highest BCUT2D eigenvalue weighted by molar-refractivity contribution is 6.06. The van der Waals surface area contributed by atoms with Crippen LogP contribution in [0.1, 0.15) is 46.2 Å². The van der Waals surface area contributed by atoms with Crippen LogP contribution in [0.25, 0.3) is 22.3 Å². The molecule has 2 aromatic heterocycles. The number of fused-ring (bicyclic) bond motifs is 1. The first-order valence-corrected chi connectivity index (χ1v) is 10.9. The Morgan fingerprint density at radius 1 is 1.03 bits per heavy atom. The lowest BCUT2D eigenvalue weighted by molar-refractivity contribution is 0.0827. The molecule has 4 aromatic rings. The van der Waals surface area contributed by atoms with Gasteiger partial charge in [-0.25, -0.2) is 9.67 Å². The van der Waals surface area contributed by atoms with Crippen LogP contribution in [0.4, 0.5) is 0 Å². The van der Waals surface area contributed by atoms with E-state index in [1.807, 2.05) is 67.1 Å². The first-order valence-electron chi connectivity index (χ1n) is 10.9. The molecule has 1 N–H and O–H groups in total. The molecular weight excluding hydrogens is 414 g/mol. The SMILES string of the molecule is CC(C)n1ncc2c(C(=O)NCc3cccc(C(=O)N(C)C)c3)cc(-c3ccccc3)nc21. The number of aromatic nitrogens is 3. The number of benzene rings is 2. The van der Waals surface area contributed by atoms with Gasteiger partial charge in [-0.3, -0.25) is 9.59 Å². The standard InChI is InChI=1S/C26H27N5O2/c1-17(2)31-24-22(16-28-31)21(14-23(29-24)19-10-6-5-7-11-19)25(32)27-15-18-9-8-12-20(13-18)26(33)30(3)4/h5-14,16-17H,15H2,1-4H3,(H,27,32). The molecular formula is C26H27N5O2. The van der Waals surface area contributed by atoms with Crippen molar-refractivity contribution in [2.75, 3.05) is 14.1 Å². The second-order valence-electron chi connectivity index (χ2n) is 8.42. The molecule has 0 aliphatic heterocycles. The van der Waals surface area contributed by atoms with Gasteiger partial charge in [0.1, 0.15) is 0 Å². The zero-order chi connectivity index (χ0) is 23.5.